The van der Waals surface area contributed by atoms with Crippen molar-refractivity contribution in [1.29, 1.82) is 0 Å². The summed E-state index contributed by atoms with van der Waals surface area (Å²) in [5.74, 6) is -0.0601. The van der Waals surface area contributed by atoms with Crippen LogP contribution < -0.4 is 0 Å². The topological polar surface area (TPSA) is 63.7 Å². The van der Waals surface area contributed by atoms with Gasteiger partial charge in [0.1, 0.15) is 0 Å². The van der Waals surface area contributed by atoms with Crippen molar-refractivity contribution >= 4 is 15.8 Å². The molecule has 134 valence electrons. The van der Waals surface area contributed by atoms with Gasteiger partial charge >= 0.3 is 0 Å². The molecule has 1 aliphatic rings. The van der Waals surface area contributed by atoms with E-state index < -0.39 is 10.0 Å². The molecule has 0 spiro atoms. The quantitative estimate of drug-likeness (QED) is 0.707. The summed E-state index contributed by atoms with van der Waals surface area (Å²) >= 11 is 0. The van der Waals surface area contributed by atoms with Gasteiger partial charge in [0.15, 0.2) is 5.78 Å². The first-order valence-corrected chi connectivity index (χ1v) is 9.83. The van der Waals surface area contributed by atoms with Crippen molar-refractivity contribution in [3.63, 3.8) is 0 Å². The van der Waals surface area contributed by atoms with Gasteiger partial charge in [-0.2, -0.15) is 4.31 Å². The van der Waals surface area contributed by atoms with E-state index in [0.717, 1.165) is 0 Å². The first-order chi connectivity index (χ1) is 11.2. The van der Waals surface area contributed by atoms with Crippen LogP contribution in [0.3, 0.4) is 0 Å². The minimum atomic E-state index is -3.65. The highest BCUT2D eigenvalue weighted by molar-refractivity contribution is 7.89. The summed E-state index contributed by atoms with van der Waals surface area (Å²) in [5.41, 5.74) is 0.196. The van der Waals surface area contributed by atoms with Crippen molar-refractivity contribution < 1.29 is 17.9 Å². The van der Waals surface area contributed by atoms with E-state index in [9.17, 15) is 13.2 Å². The van der Waals surface area contributed by atoms with Crippen LogP contribution in [0.25, 0.3) is 0 Å². The van der Waals surface area contributed by atoms with E-state index in [-0.39, 0.29) is 28.2 Å². The Morgan fingerprint density at radius 2 is 2.00 bits per heavy atom. The van der Waals surface area contributed by atoms with Gasteiger partial charge in [0, 0.05) is 37.1 Å². The first-order valence-electron chi connectivity index (χ1n) is 8.39. The van der Waals surface area contributed by atoms with Gasteiger partial charge < -0.3 is 4.74 Å². The summed E-state index contributed by atoms with van der Waals surface area (Å²) < 4.78 is 33.0. The van der Waals surface area contributed by atoms with E-state index in [2.05, 4.69) is 0 Å². The molecule has 2 unspecified atom stereocenters. The Morgan fingerprint density at radius 1 is 1.33 bits per heavy atom. The third kappa shape index (κ3) is 3.27. The molecule has 0 aliphatic heterocycles. The number of nitrogens with zero attached hydrogens (tertiary/aromatic N) is 1. The Morgan fingerprint density at radius 3 is 2.54 bits per heavy atom. The second kappa shape index (κ2) is 6.94. The molecule has 0 heterocycles. The standard InChI is InChI=1S/C18H27NO4S/c1-6-15(20)13-9-8-10-14(11-13)24(21,22)19(5)16-12-17(23-7-2)18(16,3)4/h8-11,16-17H,6-7,12H2,1-5H3. The number of Topliss-reactive ketones (excluding diaryl/α,β-unsaturated/α-hetero) is 1. The molecule has 1 aromatic rings. The van der Waals surface area contributed by atoms with Gasteiger partial charge in [-0.05, 0) is 25.5 Å². The number of hydrogen-bond acceptors (Lipinski definition) is 4. The number of benzene rings is 1. The lowest BCUT2D eigenvalue weighted by atomic mass is 9.64. The Bertz CT molecular complexity index is 711. The fraction of sp³-hybridized carbons (Fsp3) is 0.611. The third-order valence-electron chi connectivity index (χ3n) is 5.09. The van der Waals surface area contributed by atoms with Gasteiger partial charge in [-0.25, -0.2) is 8.42 Å². The van der Waals surface area contributed by atoms with Crippen molar-refractivity contribution in [3.8, 4) is 0 Å². The average Bonchev–Trinajstić information content (AvgIpc) is 2.57. The Labute approximate surface area is 145 Å². The summed E-state index contributed by atoms with van der Waals surface area (Å²) in [6.45, 7) is 8.40. The molecule has 24 heavy (non-hydrogen) atoms. The molecule has 0 saturated heterocycles. The summed E-state index contributed by atoms with van der Waals surface area (Å²) in [4.78, 5) is 12.0. The fourth-order valence-corrected chi connectivity index (χ4v) is 4.89. The lowest BCUT2D eigenvalue weighted by Gasteiger charge is -2.54. The molecule has 5 nitrogen and oxygen atoms in total. The van der Waals surface area contributed by atoms with Gasteiger partial charge in [-0.3, -0.25) is 4.79 Å². The second-order valence-corrected chi connectivity index (χ2v) is 8.84. The van der Waals surface area contributed by atoms with Crippen molar-refractivity contribution in [2.75, 3.05) is 13.7 Å². The lowest BCUT2D eigenvalue weighted by molar-refractivity contribution is -0.129. The van der Waals surface area contributed by atoms with E-state index in [1.165, 1.54) is 10.4 Å². The van der Waals surface area contributed by atoms with Crippen LogP contribution in [0.4, 0.5) is 0 Å². The lowest BCUT2D eigenvalue weighted by Crippen LogP contribution is -2.62. The third-order valence-corrected chi connectivity index (χ3v) is 6.95. The number of ketones is 1. The molecule has 1 saturated carbocycles. The Balaban J connectivity index is 2.26. The maximum Gasteiger partial charge on any atom is 0.243 e. The smallest absolute Gasteiger partial charge is 0.243 e. The molecule has 0 bridgehead atoms. The van der Waals surface area contributed by atoms with Gasteiger partial charge in [-0.1, -0.05) is 32.9 Å². The molecule has 1 fully saturated rings. The van der Waals surface area contributed by atoms with Gasteiger partial charge in [0.25, 0.3) is 0 Å². The zero-order chi connectivity index (χ0) is 18.1. The minimum absolute atomic E-state index is 0.0601. The van der Waals surface area contributed by atoms with E-state index >= 15 is 0 Å². The molecule has 0 aromatic heterocycles. The van der Waals surface area contributed by atoms with Crippen molar-refractivity contribution in [1.82, 2.24) is 4.31 Å². The molecule has 0 N–H and O–H groups in total. The first kappa shape index (κ1) is 19.1. The van der Waals surface area contributed by atoms with Gasteiger partial charge in [0.2, 0.25) is 10.0 Å². The summed E-state index contributed by atoms with van der Waals surface area (Å²) in [7, 11) is -2.04. The molecular weight excluding hydrogens is 326 g/mol. The van der Waals surface area contributed by atoms with E-state index in [1.807, 2.05) is 20.8 Å². The molecule has 1 aromatic carbocycles. The Kier molecular flexibility index (Phi) is 5.52. The van der Waals surface area contributed by atoms with Crippen LogP contribution in [0.15, 0.2) is 29.2 Å². The number of hydrogen-bond donors (Lipinski definition) is 0. The van der Waals surface area contributed by atoms with Crippen molar-refractivity contribution in [3.05, 3.63) is 29.8 Å². The van der Waals surface area contributed by atoms with Crippen LogP contribution in [-0.2, 0) is 14.8 Å². The van der Waals surface area contributed by atoms with E-state index in [1.54, 1.807) is 32.2 Å². The molecule has 2 rings (SSSR count). The molecule has 6 heteroatoms. The number of ether oxygens (including phenoxy) is 1. The molecule has 0 amide bonds. The number of rotatable bonds is 7. The van der Waals surface area contributed by atoms with Crippen LogP contribution in [-0.4, -0.2) is 44.3 Å². The zero-order valence-corrected chi connectivity index (χ0v) is 15.9. The molecular formula is C18H27NO4S. The summed E-state index contributed by atoms with van der Waals surface area (Å²) in [6.07, 6.45) is 1.10. The van der Waals surface area contributed by atoms with Crippen molar-refractivity contribution in [2.24, 2.45) is 5.41 Å². The highest BCUT2D eigenvalue weighted by Crippen LogP contribution is 2.46. The molecule has 2 atom stereocenters. The van der Waals surface area contributed by atoms with Crippen LogP contribution in [0, 0.1) is 5.41 Å². The van der Waals surface area contributed by atoms with E-state index in [4.69, 9.17) is 4.74 Å². The average molecular weight is 353 g/mol. The fourth-order valence-electron chi connectivity index (χ4n) is 3.33. The number of carbonyl (C=O) groups excluding carboxylic acids is 1. The van der Waals surface area contributed by atoms with Crippen LogP contribution in [0.5, 0.6) is 0 Å². The zero-order valence-electron chi connectivity index (χ0n) is 15.1. The van der Waals surface area contributed by atoms with Gasteiger partial charge in [-0.15, -0.1) is 0 Å². The largest absolute Gasteiger partial charge is 0.378 e. The van der Waals surface area contributed by atoms with E-state index in [0.29, 0.717) is 25.0 Å². The van der Waals surface area contributed by atoms with Gasteiger partial charge in [0.05, 0.1) is 11.0 Å². The minimum Gasteiger partial charge on any atom is -0.378 e. The monoisotopic (exact) mass is 353 g/mol. The summed E-state index contributed by atoms with van der Waals surface area (Å²) in [5, 5.41) is 0. The number of sulfonamides is 1. The van der Waals surface area contributed by atoms with Crippen LogP contribution >= 0.6 is 0 Å². The predicted octanol–water partition coefficient (Wildman–Crippen LogP) is 3.10. The van der Waals surface area contributed by atoms with Crippen LogP contribution in [0.1, 0.15) is 50.9 Å². The highest BCUT2D eigenvalue weighted by atomic mass is 32.2. The summed E-state index contributed by atoms with van der Waals surface area (Å²) in [6, 6.07) is 6.18. The SMILES string of the molecule is CCOC1CC(N(C)S(=O)(=O)c2cccc(C(=O)CC)c2)C1(C)C. The maximum absolute atomic E-state index is 13.0. The number of carbonyl (C=O) groups is 1. The van der Waals surface area contributed by atoms with Crippen LogP contribution in [0.2, 0.25) is 0 Å². The second-order valence-electron chi connectivity index (χ2n) is 6.84. The van der Waals surface area contributed by atoms with Crippen molar-refractivity contribution in [2.45, 2.75) is 57.6 Å². The normalized spacial score (nSPS) is 23.1. The molecule has 0 radical (unpaired) electrons. The molecule has 1 aliphatic carbocycles. The Hall–Kier alpha value is -1.24. The maximum atomic E-state index is 13.0. The highest BCUT2D eigenvalue weighted by Gasteiger charge is 2.53. The predicted molar refractivity (Wildman–Crippen MR) is 93.6 cm³/mol.